The molecule has 2 aromatic rings. The number of hydrogen-bond acceptors (Lipinski definition) is 3. The minimum absolute atomic E-state index is 0.0627. The molecule has 4 heteroatoms. The van der Waals surface area contributed by atoms with Gasteiger partial charge in [0.25, 0.3) is 0 Å². The lowest BCUT2D eigenvalue weighted by molar-refractivity contribution is 0.276. The molecular weight excluding hydrogens is 202 g/mol. The second-order valence-electron chi connectivity index (χ2n) is 4.06. The fourth-order valence-electron chi connectivity index (χ4n) is 1.84. The summed E-state index contributed by atoms with van der Waals surface area (Å²) >= 11 is 0. The van der Waals surface area contributed by atoms with Gasteiger partial charge in [-0.3, -0.25) is 0 Å². The van der Waals surface area contributed by atoms with E-state index in [0.29, 0.717) is 12.2 Å². The lowest BCUT2D eigenvalue weighted by Gasteiger charge is -2.04. The normalized spacial score (nSPS) is 10.7. The lowest BCUT2D eigenvalue weighted by atomic mass is 10.1. The maximum Gasteiger partial charge on any atom is 0.108 e. The van der Waals surface area contributed by atoms with Gasteiger partial charge in [0, 0.05) is 0 Å². The predicted molar refractivity (Wildman–Crippen MR) is 61.0 cm³/mol. The molecule has 0 amide bonds. The minimum Gasteiger partial charge on any atom is -0.390 e. The maximum atomic E-state index is 8.89. The summed E-state index contributed by atoms with van der Waals surface area (Å²) in [7, 11) is 0. The fourth-order valence-corrected chi connectivity index (χ4v) is 1.84. The van der Waals surface area contributed by atoms with E-state index in [1.54, 1.807) is 10.9 Å². The summed E-state index contributed by atoms with van der Waals surface area (Å²) in [6.07, 6.45) is 1.76. The van der Waals surface area contributed by atoms with E-state index in [1.807, 2.05) is 0 Å². The first kappa shape index (κ1) is 10.8. The Kier molecular flexibility index (Phi) is 3.01. The third-order valence-electron chi connectivity index (χ3n) is 2.37. The first-order valence-electron chi connectivity index (χ1n) is 5.24. The zero-order chi connectivity index (χ0) is 11.5. The molecular formula is C12H15N3O. The summed E-state index contributed by atoms with van der Waals surface area (Å²) in [6, 6.07) is 6.41. The van der Waals surface area contributed by atoms with Gasteiger partial charge in [-0.15, -0.1) is 5.10 Å². The molecule has 0 fully saturated rings. The van der Waals surface area contributed by atoms with Gasteiger partial charge in [-0.05, 0) is 19.4 Å². The molecule has 0 unspecified atom stereocenters. The Morgan fingerprint density at radius 3 is 2.44 bits per heavy atom. The highest BCUT2D eigenvalue weighted by Gasteiger charge is 2.01. The van der Waals surface area contributed by atoms with Gasteiger partial charge in [0.15, 0.2) is 0 Å². The van der Waals surface area contributed by atoms with Gasteiger partial charge >= 0.3 is 0 Å². The molecule has 0 aliphatic carbocycles. The summed E-state index contributed by atoms with van der Waals surface area (Å²) in [6.45, 7) is 4.79. The smallest absolute Gasteiger partial charge is 0.108 e. The molecule has 16 heavy (non-hydrogen) atoms. The van der Waals surface area contributed by atoms with Gasteiger partial charge in [0.2, 0.25) is 0 Å². The molecule has 0 atom stereocenters. The topological polar surface area (TPSA) is 50.9 Å². The Hall–Kier alpha value is -1.68. The van der Waals surface area contributed by atoms with E-state index in [1.165, 1.54) is 16.7 Å². The van der Waals surface area contributed by atoms with Crippen molar-refractivity contribution in [1.82, 2.24) is 15.0 Å². The molecule has 84 valence electrons. The molecule has 1 N–H and O–H groups in total. The van der Waals surface area contributed by atoms with Crippen LogP contribution in [0.4, 0.5) is 0 Å². The van der Waals surface area contributed by atoms with Crippen LogP contribution in [0.3, 0.4) is 0 Å². The highest BCUT2D eigenvalue weighted by atomic mass is 16.3. The first-order valence-corrected chi connectivity index (χ1v) is 5.24. The fraction of sp³-hybridized carbons (Fsp3) is 0.333. The Balaban J connectivity index is 2.19. The van der Waals surface area contributed by atoms with Crippen LogP contribution >= 0.6 is 0 Å². The summed E-state index contributed by atoms with van der Waals surface area (Å²) in [4.78, 5) is 0. The quantitative estimate of drug-likeness (QED) is 0.846. The average molecular weight is 217 g/mol. The van der Waals surface area contributed by atoms with Gasteiger partial charge in [-0.1, -0.05) is 34.5 Å². The Morgan fingerprint density at radius 2 is 1.88 bits per heavy atom. The van der Waals surface area contributed by atoms with Crippen molar-refractivity contribution in [3.63, 3.8) is 0 Å². The molecule has 1 aromatic carbocycles. The molecule has 1 heterocycles. The van der Waals surface area contributed by atoms with E-state index < -0.39 is 0 Å². The number of aromatic nitrogens is 3. The van der Waals surface area contributed by atoms with Gasteiger partial charge in [-0.25, -0.2) is 4.68 Å². The first-order chi connectivity index (χ1) is 7.67. The molecule has 1 aromatic heterocycles. The summed E-state index contributed by atoms with van der Waals surface area (Å²) < 4.78 is 1.74. The highest BCUT2D eigenvalue weighted by Crippen LogP contribution is 2.10. The Labute approximate surface area is 94.5 Å². The number of rotatable bonds is 3. The van der Waals surface area contributed by atoms with Crippen LogP contribution in [-0.4, -0.2) is 20.1 Å². The van der Waals surface area contributed by atoms with Crippen LogP contribution in [-0.2, 0) is 13.2 Å². The summed E-state index contributed by atoms with van der Waals surface area (Å²) in [5.41, 5.74) is 4.30. The summed E-state index contributed by atoms with van der Waals surface area (Å²) in [5, 5.41) is 16.7. The second-order valence-corrected chi connectivity index (χ2v) is 4.06. The molecule has 0 saturated heterocycles. The van der Waals surface area contributed by atoms with Crippen molar-refractivity contribution in [3.05, 3.63) is 46.8 Å². The molecule has 0 aliphatic rings. The van der Waals surface area contributed by atoms with Crippen LogP contribution in [0, 0.1) is 13.8 Å². The van der Waals surface area contributed by atoms with E-state index in [-0.39, 0.29) is 6.61 Å². The van der Waals surface area contributed by atoms with E-state index in [9.17, 15) is 0 Å². The standard InChI is InChI=1S/C12H15N3O/c1-9-3-10(2)5-11(4-9)6-15-7-12(8-16)13-14-15/h3-5,7,16H,6,8H2,1-2H3. The van der Waals surface area contributed by atoms with Crippen LogP contribution in [0.2, 0.25) is 0 Å². The monoisotopic (exact) mass is 217 g/mol. The zero-order valence-electron chi connectivity index (χ0n) is 9.51. The van der Waals surface area contributed by atoms with Crippen LogP contribution in [0.5, 0.6) is 0 Å². The molecule has 0 spiro atoms. The predicted octanol–water partition coefficient (Wildman–Crippen LogP) is 1.44. The Morgan fingerprint density at radius 1 is 1.19 bits per heavy atom. The van der Waals surface area contributed by atoms with E-state index in [4.69, 9.17) is 5.11 Å². The van der Waals surface area contributed by atoms with E-state index >= 15 is 0 Å². The zero-order valence-corrected chi connectivity index (χ0v) is 9.51. The SMILES string of the molecule is Cc1cc(C)cc(Cn2cc(CO)nn2)c1. The largest absolute Gasteiger partial charge is 0.390 e. The lowest BCUT2D eigenvalue weighted by Crippen LogP contribution is -2.01. The maximum absolute atomic E-state index is 8.89. The van der Waals surface area contributed by atoms with Crippen molar-refractivity contribution in [2.45, 2.75) is 27.0 Å². The van der Waals surface area contributed by atoms with Gasteiger partial charge in [0.1, 0.15) is 5.69 Å². The van der Waals surface area contributed by atoms with Crippen LogP contribution in [0.15, 0.2) is 24.4 Å². The average Bonchev–Trinajstić information content (AvgIpc) is 2.64. The number of hydrogen-bond donors (Lipinski definition) is 1. The molecule has 0 bridgehead atoms. The number of nitrogens with zero attached hydrogens (tertiary/aromatic N) is 3. The second kappa shape index (κ2) is 4.45. The van der Waals surface area contributed by atoms with Crippen LogP contribution < -0.4 is 0 Å². The van der Waals surface area contributed by atoms with Crippen molar-refractivity contribution in [3.8, 4) is 0 Å². The van der Waals surface area contributed by atoms with E-state index in [0.717, 1.165) is 0 Å². The third-order valence-corrected chi connectivity index (χ3v) is 2.37. The van der Waals surface area contributed by atoms with Crippen molar-refractivity contribution in [1.29, 1.82) is 0 Å². The number of aliphatic hydroxyl groups excluding tert-OH is 1. The van der Waals surface area contributed by atoms with Crippen LogP contribution in [0.1, 0.15) is 22.4 Å². The van der Waals surface area contributed by atoms with E-state index in [2.05, 4.69) is 42.4 Å². The van der Waals surface area contributed by atoms with Crippen LogP contribution in [0.25, 0.3) is 0 Å². The highest BCUT2D eigenvalue weighted by molar-refractivity contribution is 5.28. The third kappa shape index (κ3) is 2.46. The van der Waals surface area contributed by atoms with Gasteiger partial charge in [0.05, 0.1) is 19.3 Å². The number of aliphatic hydroxyl groups is 1. The Bertz CT molecular complexity index is 471. The molecule has 0 saturated carbocycles. The molecule has 0 radical (unpaired) electrons. The molecule has 4 nitrogen and oxygen atoms in total. The van der Waals surface area contributed by atoms with Crippen molar-refractivity contribution < 1.29 is 5.11 Å². The van der Waals surface area contributed by atoms with Crippen molar-refractivity contribution in [2.75, 3.05) is 0 Å². The minimum atomic E-state index is -0.0627. The molecule has 0 aliphatic heterocycles. The number of aryl methyl sites for hydroxylation is 2. The van der Waals surface area contributed by atoms with Gasteiger partial charge < -0.3 is 5.11 Å². The van der Waals surface area contributed by atoms with Crippen molar-refractivity contribution >= 4 is 0 Å². The number of benzene rings is 1. The van der Waals surface area contributed by atoms with Crippen molar-refractivity contribution in [2.24, 2.45) is 0 Å². The van der Waals surface area contributed by atoms with Gasteiger partial charge in [-0.2, -0.15) is 0 Å². The summed E-state index contributed by atoms with van der Waals surface area (Å²) in [5.74, 6) is 0. The molecule has 2 rings (SSSR count).